The van der Waals surface area contributed by atoms with Crippen LogP contribution in [0, 0.1) is 6.92 Å². The number of aryl methyl sites for hydroxylation is 1. The van der Waals surface area contributed by atoms with E-state index in [9.17, 15) is 0 Å². The van der Waals surface area contributed by atoms with E-state index in [1.165, 1.54) is 17.6 Å². The first kappa shape index (κ1) is 25.6. The lowest BCUT2D eigenvalue weighted by Crippen LogP contribution is -2.15. The van der Waals surface area contributed by atoms with Crippen molar-refractivity contribution in [2.24, 2.45) is 0 Å². The zero-order chi connectivity index (χ0) is 18.8. The summed E-state index contributed by atoms with van der Waals surface area (Å²) in [5.41, 5.74) is 2.06. The number of benzene rings is 1. The van der Waals surface area contributed by atoms with Crippen molar-refractivity contribution in [3.63, 3.8) is 0 Å². The number of ether oxygens (including phenoxy) is 2. The molecule has 0 saturated carbocycles. The molecule has 24 heavy (non-hydrogen) atoms. The first-order chi connectivity index (χ1) is 11.3. The molecular weight excluding hydrogens is 330 g/mol. The van der Waals surface area contributed by atoms with Gasteiger partial charge in [-0.05, 0) is 46.2 Å². The lowest BCUT2D eigenvalue weighted by Gasteiger charge is -2.14. The summed E-state index contributed by atoms with van der Waals surface area (Å²) in [5.74, 6) is 0. The van der Waals surface area contributed by atoms with Crippen molar-refractivity contribution >= 4 is 12.0 Å². The summed E-state index contributed by atoms with van der Waals surface area (Å²) in [7, 11) is 1.71. The lowest BCUT2D eigenvalue weighted by atomic mass is 10.2. The second-order valence-corrected chi connectivity index (χ2v) is 6.62. The molecule has 0 aliphatic rings. The number of nitrogens with one attached hydrogen (secondary N) is 1. The highest BCUT2D eigenvalue weighted by Gasteiger charge is 2.04. The minimum absolute atomic E-state index is 0.0417. The van der Waals surface area contributed by atoms with Gasteiger partial charge in [0.1, 0.15) is 0 Å². The molecule has 0 heterocycles. The number of hydrogen-bond acceptors (Lipinski definition) is 7. The van der Waals surface area contributed by atoms with Crippen LogP contribution in [0.5, 0.6) is 0 Å². The quantitative estimate of drug-likeness (QED) is 0.380. The van der Waals surface area contributed by atoms with E-state index in [2.05, 4.69) is 38.1 Å². The maximum atomic E-state index is 6.88. The van der Waals surface area contributed by atoms with Gasteiger partial charge in [0, 0.05) is 30.7 Å². The molecule has 0 bridgehead atoms. The van der Waals surface area contributed by atoms with Gasteiger partial charge < -0.3 is 13.7 Å². The van der Waals surface area contributed by atoms with E-state index >= 15 is 0 Å². The van der Waals surface area contributed by atoms with Gasteiger partial charge >= 0.3 is 0 Å². The Hall–Kier alpha value is -0.670. The highest BCUT2D eigenvalue weighted by Crippen LogP contribution is 2.18. The Kier molecular flexibility index (Phi) is 18.3. The lowest BCUT2D eigenvalue weighted by molar-refractivity contribution is -0.0678. The van der Waals surface area contributed by atoms with Gasteiger partial charge in [-0.2, -0.15) is 0 Å². The highest BCUT2D eigenvalue weighted by atomic mass is 32.2. The molecule has 7 heteroatoms. The van der Waals surface area contributed by atoms with Gasteiger partial charge in [-0.15, -0.1) is 0 Å². The van der Waals surface area contributed by atoms with E-state index in [1.54, 1.807) is 7.11 Å². The summed E-state index contributed by atoms with van der Waals surface area (Å²) in [6.45, 7) is 12.4. The predicted molar refractivity (Wildman–Crippen MR) is 97.6 cm³/mol. The van der Waals surface area contributed by atoms with Crippen LogP contribution in [-0.2, 0) is 13.7 Å². The minimum Gasteiger partial charge on any atom is -0.379 e. The van der Waals surface area contributed by atoms with E-state index in [-0.39, 0.29) is 5.60 Å². The molecule has 3 N–H and O–H groups in total. The van der Waals surface area contributed by atoms with Crippen molar-refractivity contribution in [1.82, 2.24) is 5.64 Å². The molecule has 142 valence electrons. The number of rotatable bonds is 7. The molecule has 0 atom stereocenters. The zero-order valence-corrected chi connectivity index (χ0v) is 16.5. The largest absolute Gasteiger partial charge is 0.379 e. The van der Waals surface area contributed by atoms with E-state index < -0.39 is 0 Å². The van der Waals surface area contributed by atoms with E-state index in [1.807, 2.05) is 20.8 Å². The first-order valence-electron chi connectivity index (χ1n) is 7.82. The summed E-state index contributed by atoms with van der Waals surface area (Å²) in [4.78, 5) is 1.14. The fourth-order valence-electron chi connectivity index (χ4n) is 1.04. The second kappa shape index (κ2) is 17.2. The van der Waals surface area contributed by atoms with Crippen molar-refractivity contribution in [2.75, 3.05) is 26.9 Å². The maximum absolute atomic E-state index is 6.88. The summed E-state index contributed by atoms with van der Waals surface area (Å²) in [6.07, 6.45) is 1.06. The minimum atomic E-state index is 0.0417. The van der Waals surface area contributed by atoms with Crippen molar-refractivity contribution in [3.05, 3.63) is 29.8 Å². The average molecular weight is 364 g/mol. The van der Waals surface area contributed by atoms with Gasteiger partial charge in [-0.3, -0.25) is 10.4 Å². The molecule has 1 aromatic rings. The standard InChI is InChI=1S/C12H18O2S.C5H12O.H3NO2/c1-3-8-13-9-10-14-15-12-6-4-11(2)5-7-12;1-5(2,3)6-4;2-1-3/h4-7H,3,8-10H2,1-2H3;1-4H3;1-3H. The highest BCUT2D eigenvalue weighted by molar-refractivity contribution is 7.94. The fourth-order valence-corrected chi connectivity index (χ4v) is 1.58. The first-order valence-corrected chi connectivity index (χ1v) is 8.57. The van der Waals surface area contributed by atoms with Crippen molar-refractivity contribution in [1.29, 1.82) is 0 Å². The third-order valence-electron chi connectivity index (χ3n) is 2.45. The van der Waals surface area contributed by atoms with Crippen molar-refractivity contribution in [3.8, 4) is 0 Å². The van der Waals surface area contributed by atoms with Crippen LogP contribution in [0.15, 0.2) is 29.2 Å². The SMILES string of the molecule is CCCOCCOSc1ccc(C)cc1.COC(C)(C)C.ONO. The molecule has 6 nitrogen and oxygen atoms in total. The van der Waals surface area contributed by atoms with Crippen LogP contribution in [0.1, 0.15) is 39.7 Å². The van der Waals surface area contributed by atoms with Crippen LogP contribution < -0.4 is 5.64 Å². The van der Waals surface area contributed by atoms with Crippen molar-refractivity contribution in [2.45, 2.75) is 51.5 Å². The van der Waals surface area contributed by atoms with Crippen LogP contribution in [0.2, 0.25) is 0 Å². The Labute approximate surface area is 150 Å². The average Bonchev–Trinajstić information content (AvgIpc) is 2.53. The molecule has 0 aliphatic carbocycles. The van der Waals surface area contributed by atoms with Crippen LogP contribution in [0.4, 0.5) is 0 Å². The number of hydrogen-bond donors (Lipinski definition) is 3. The van der Waals surface area contributed by atoms with E-state index in [0.29, 0.717) is 13.2 Å². The van der Waals surface area contributed by atoms with Gasteiger partial charge in [0.15, 0.2) is 0 Å². The van der Waals surface area contributed by atoms with Gasteiger partial charge in [0.2, 0.25) is 0 Å². The second-order valence-electron chi connectivity index (χ2n) is 5.75. The smallest absolute Gasteiger partial charge is 0.0852 e. The van der Waals surface area contributed by atoms with Crippen LogP contribution in [0.3, 0.4) is 0 Å². The maximum Gasteiger partial charge on any atom is 0.0852 e. The van der Waals surface area contributed by atoms with Crippen LogP contribution >= 0.6 is 12.0 Å². The molecule has 0 saturated heterocycles. The Balaban J connectivity index is 0. The van der Waals surface area contributed by atoms with E-state index in [4.69, 9.17) is 24.1 Å². The molecule has 0 spiro atoms. The van der Waals surface area contributed by atoms with E-state index in [0.717, 1.165) is 23.6 Å². The zero-order valence-electron chi connectivity index (χ0n) is 15.7. The molecular formula is C17H33NO5S. The Morgan fingerprint density at radius 3 is 1.96 bits per heavy atom. The normalized spacial score (nSPS) is 10.3. The van der Waals surface area contributed by atoms with Crippen LogP contribution in [-0.4, -0.2) is 42.9 Å². The molecule has 0 radical (unpaired) electrons. The molecule has 0 fully saturated rings. The van der Waals surface area contributed by atoms with Gasteiger partial charge in [-0.1, -0.05) is 30.3 Å². The Morgan fingerprint density at radius 2 is 1.54 bits per heavy atom. The van der Waals surface area contributed by atoms with Gasteiger partial charge in [-0.25, -0.2) is 0 Å². The Morgan fingerprint density at radius 1 is 1.04 bits per heavy atom. The molecule has 0 unspecified atom stereocenters. The Bertz CT molecular complexity index is 368. The molecule has 1 rings (SSSR count). The summed E-state index contributed by atoms with van der Waals surface area (Å²) in [5, 5.41) is 13.8. The molecule has 1 aromatic carbocycles. The fraction of sp³-hybridized carbons (Fsp3) is 0.647. The third-order valence-corrected chi connectivity index (χ3v) is 3.20. The predicted octanol–water partition coefficient (Wildman–Crippen LogP) is 4.23. The van der Waals surface area contributed by atoms with Gasteiger partial charge in [0.25, 0.3) is 0 Å². The van der Waals surface area contributed by atoms with Crippen molar-refractivity contribution < 1.29 is 24.1 Å². The molecule has 0 aliphatic heterocycles. The summed E-state index contributed by atoms with van der Waals surface area (Å²) < 4.78 is 15.6. The third kappa shape index (κ3) is 21.3. The van der Waals surface area contributed by atoms with Gasteiger partial charge in [0.05, 0.1) is 18.8 Å². The molecule has 0 aromatic heterocycles. The topological polar surface area (TPSA) is 80.2 Å². The monoisotopic (exact) mass is 363 g/mol. The number of methoxy groups -OCH3 is 1. The summed E-state index contributed by atoms with van der Waals surface area (Å²) in [6, 6.07) is 8.29. The van der Waals surface area contributed by atoms with Crippen LogP contribution in [0.25, 0.3) is 0 Å². The summed E-state index contributed by atoms with van der Waals surface area (Å²) >= 11 is 1.41. The molecule has 0 amide bonds.